The number of rotatable bonds is 11. The third-order valence-electron chi connectivity index (χ3n) is 5.91. The number of piperazine rings is 1. The third kappa shape index (κ3) is 5.46. The Labute approximate surface area is 198 Å². The number of ether oxygens (including phenoxy) is 4. The van der Waals surface area contributed by atoms with Crippen LogP contribution in [0.1, 0.15) is 5.56 Å². The van der Waals surface area contributed by atoms with Crippen molar-refractivity contribution in [2.45, 2.75) is 6.54 Å². The summed E-state index contributed by atoms with van der Waals surface area (Å²) in [6.07, 6.45) is 1.39. The van der Waals surface area contributed by atoms with Crippen LogP contribution < -0.4 is 19.3 Å². The summed E-state index contributed by atoms with van der Waals surface area (Å²) in [5.41, 5.74) is 1.05. The van der Waals surface area contributed by atoms with Gasteiger partial charge in [0, 0.05) is 60.0 Å². The van der Waals surface area contributed by atoms with E-state index in [1.165, 1.54) is 6.33 Å². The first kappa shape index (κ1) is 23.9. The fourth-order valence-electron chi connectivity index (χ4n) is 4.13. The van der Waals surface area contributed by atoms with Gasteiger partial charge in [-0.25, -0.2) is 9.97 Å². The highest BCUT2D eigenvalue weighted by Gasteiger charge is 2.31. The number of hydrogen-bond acceptors (Lipinski definition) is 11. The second kappa shape index (κ2) is 11.3. The molecule has 1 aromatic heterocycles. The van der Waals surface area contributed by atoms with Crippen LogP contribution in [0.15, 0.2) is 24.5 Å². The second-order valence-electron chi connectivity index (χ2n) is 8.05. The number of methoxy groups -OCH3 is 2. The maximum atomic E-state index is 12.1. The van der Waals surface area contributed by atoms with E-state index >= 15 is 0 Å². The van der Waals surface area contributed by atoms with E-state index in [1.54, 1.807) is 14.2 Å². The van der Waals surface area contributed by atoms with Crippen molar-refractivity contribution < 1.29 is 23.9 Å². The van der Waals surface area contributed by atoms with Gasteiger partial charge in [0.25, 0.3) is 0 Å². The molecule has 184 valence electrons. The number of fused-ring (bicyclic) bond motifs is 1. The molecule has 1 saturated heterocycles. The van der Waals surface area contributed by atoms with Crippen molar-refractivity contribution >= 4 is 17.3 Å². The van der Waals surface area contributed by atoms with Crippen molar-refractivity contribution in [3.8, 4) is 11.5 Å². The van der Waals surface area contributed by atoms with E-state index in [2.05, 4.69) is 14.9 Å². The molecular formula is C22H30N6O6. The lowest BCUT2D eigenvalue weighted by molar-refractivity contribution is -0.383. The molecule has 3 heterocycles. The number of anilines is 2. The van der Waals surface area contributed by atoms with Crippen LogP contribution in [0.4, 0.5) is 17.3 Å². The van der Waals surface area contributed by atoms with Crippen LogP contribution in [0.25, 0.3) is 0 Å². The molecule has 0 amide bonds. The third-order valence-corrected chi connectivity index (χ3v) is 5.91. The van der Waals surface area contributed by atoms with Gasteiger partial charge in [0.15, 0.2) is 11.5 Å². The summed E-state index contributed by atoms with van der Waals surface area (Å²) in [5, 5.41) is 12.1. The lowest BCUT2D eigenvalue weighted by Crippen LogP contribution is -2.46. The topological polar surface area (TPSA) is 116 Å². The Hall–Kier alpha value is -3.22. The predicted octanol–water partition coefficient (Wildman–Crippen LogP) is 1.53. The fraction of sp³-hybridized carbons (Fsp3) is 0.545. The van der Waals surface area contributed by atoms with E-state index in [9.17, 15) is 10.1 Å². The molecule has 1 fully saturated rings. The van der Waals surface area contributed by atoms with Crippen molar-refractivity contribution in [2.24, 2.45) is 0 Å². The lowest BCUT2D eigenvalue weighted by atomic mass is 10.1. The van der Waals surface area contributed by atoms with Crippen molar-refractivity contribution in [3.63, 3.8) is 0 Å². The first-order valence-corrected chi connectivity index (χ1v) is 11.2. The van der Waals surface area contributed by atoms with Crippen molar-refractivity contribution in [3.05, 3.63) is 40.2 Å². The molecule has 0 radical (unpaired) electrons. The van der Waals surface area contributed by atoms with Crippen LogP contribution in [0, 0.1) is 10.1 Å². The molecule has 12 nitrogen and oxygen atoms in total. The fourth-order valence-corrected chi connectivity index (χ4v) is 4.13. The van der Waals surface area contributed by atoms with E-state index < -0.39 is 4.92 Å². The average Bonchev–Trinajstić information content (AvgIpc) is 3.32. The largest absolute Gasteiger partial charge is 0.454 e. The van der Waals surface area contributed by atoms with E-state index in [-0.39, 0.29) is 18.3 Å². The molecule has 2 aromatic rings. The van der Waals surface area contributed by atoms with Gasteiger partial charge in [0.05, 0.1) is 18.1 Å². The number of aromatic nitrogens is 2. The van der Waals surface area contributed by atoms with E-state index in [0.29, 0.717) is 45.2 Å². The second-order valence-corrected chi connectivity index (χ2v) is 8.05. The molecule has 0 N–H and O–H groups in total. The molecule has 4 rings (SSSR count). The summed E-state index contributed by atoms with van der Waals surface area (Å²) < 4.78 is 21.2. The molecule has 0 atom stereocenters. The Balaban J connectivity index is 1.46. The minimum atomic E-state index is -0.393. The molecule has 1 aromatic carbocycles. The summed E-state index contributed by atoms with van der Waals surface area (Å²) in [7, 11) is 3.19. The van der Waals surface area contributed by atoms with E-state index in [4.69, 9.17) is 18.9 Å². The number of nitro groups is 1. The molecule has 12 heteroatoms. The summed E-state index contributed by atoms with van der Waals surface area (Å²) >= 11 is 0. The van der Waals surface area contributed by atoms with Gasteiger partial charge in [-0.05, 0) is 17.7 Å². The molecule has 0 spiro atoms. The van der Waals surface area contributed by atoms with Crippen molar-refractivity contribution in [1.29, 1.82) is 0 Å². The first-order valence-electron chi connectivity index (χ1n) is 11.2. The van der Waals surface area contributed by atoms with Gasteiger partial charge in [-0.3, -0.25) is 15.0 Å². The Morgan fingerprint density at radius 2 is 1.76 bits per heavy atom. The molecular weight excluding hydrogens is 444 g/mol. The zero-order valence-electron chi connectivity index (χ0n) is 19.5. The first-order chi connectivity index (χ1) is 16.6. The van der Waals surface area contributed by atoms with Gasteiger partial charge in [-0.1, -0.05) is 6.07 Å². The predicted molar refractivity (Wildman–Crippen MR) is 125 cm³/mol. The van der Waals surface area contributed by atoms with E-state index in [0.717, 1.165) is 36.7 Å². The number of nitrogens with zero attached hydrogens (tertiary/aromatic N) is 6. The van der Waals surface area contributed by atoms with Gasteiger partial charge in [0.2, 0.25) is 18.4 Å². The molecule has 34 heavy (non-hydrogen) atoms. The zero-order chi connectivity index (χ0) is 23.9. The minimum absolute atomic E-state index is 0.0843. The highest BCUT2D eigenvalue weighted by Crippen LogP contribution is 2.35. The van der Waals surface area contributed by atoms with Crippen LogP contribution in [0.5, 0.6) is 11.5 Å². The Morgan fingerprint density at radius 3 is 2.44 bits per heavy atom. The van der Waals surface area contributed by atoms with Gasteiger partial charge in [-0.15, -0.1) is 0 Å². The van der Waals surface area contributed by atoms with Crippen molar-refractivity contribution in [1.82, 2.24) is 14.9 Å². The zero-order valence-corrected chi connectivity index (χ0v) is 19.5. The van der Waals surface area contributed by atoms with Gasteiger partial charge in [0.1, 0.15) is 6.33 Å². The van der Waals surface area contributed by atoms with Crippen LogP contribution in [0.3, 0.4) is 0 Å². The molecule has 0 unspecified atom stereocenters. The normalized spacial score (nSPS) is 15.5. The smallest absolute Gasteiger partial charge is 0.353 e. The quantitative estimate of drug-likeness (QED) is 0.349. The Kier molecular flexibility index (Phi) is 7.93. The van der Waals surface area contributed by atoms with Gasteiger partial charge in [-0.2, -0.15) is 0 Å². The summed E-state index contributed by atoms with van der Waals surface area (Å²) in [5.74, 6) is 2.17. The van der Waals surface area contributed by atoms with E-state index in [1.807, 2.05) is 28.0 Å². The van der Waals surface area contributed by atoms with Gasteiger partial charge >= 0.3 is 5.69 Å². The summed E-state index contributed by atoms with van der Waals surface area (Å²) in [6.45, 7) is 5.52. The number of benzene rings is 1. The summed E-state index contributed by atoms with van der Waals surface area (Å²) in [4.78, 5) is 26.4. The van der Waals surface area contributed by atoms with Crippen LogP contribution >= 0.6 is 0 Å². The standard InChI is InChI=1S/C22H30N6O6/c1-31-11-9-27(10-12-32-2)22-20(28(29)30)21(23-15-24-22)26-7-5-25(6-8-26)14-17-3-4-18-19(13-17)34-16-33-18/h3-4,13,15H,5-12,14,16H2,1-2H3. The molecule has 0 aliphatic carbocycles. The van der Waals surface area contributed by atoms with Gasteiger partial charge < -0.3 is 28.7 Å². The molecule has 0 saturated carbocycles. The monoisotopic (exact) mass is 474 g/mol. The van der Waals surface area contributed by atoms with Crippen LogP contribution in [0.2, 0.25) is 0 Å². The number of hydrogen-bond donors (Lipinski definition) is 0. The maximum absolute atomic E-state index is 12.1. The molecule has 0 bridgehead atoms. The van der Waals surface area contributed by atoms with Crippen LogP contribution in [-0.2, 0) is 16.0 Å². The summed E-state index contributed by atoms with van der Waals surface area (Å²) in [6, 6.07) is 5.97. The lowest BCUT2D eigenvalue weighted by Gasteiger charge is -2.35. The minimum Gasteiger partial charge on any atom is -0.454 e. The molecule has 2 aliphatic rings. The Morgan fingerprint density at radius 1 is 1.06 bits per heavy atom. The molecule has 2 aliphatic heterocycles. The van der Waals surface area contributed by atoms with Crippen molar-refractivity contribution in [2.75, 3.05) is 83.3 Å². The van der Waals surface area contributed by atoms with Crippen LogP contribution in [-0.4, -0.2) is 93.3 Å². The Bertz CT molecular complexity index is 976. The highest BCUT2D eigenvalue weighted by atomic mass is 16.7. The average molecular weight is 475 g/mol. The SMILES string of the molecule is COCCN(CCOC)c1ncnc(N2CCN(Cc3ccc4c(c3)OCO4)CC2)c1[N+](=O)[O-]. The highest BCUT2D eigenvalue weighted by molar-refractivity contribution is 5.71. The maximum Gasteiger partial charge on any atom is 0.353 e.